The lowest BCUT2D eigenvalue weighted by Gasteiger charge is -2.20. The van der Waals surface area contributed by atoms with Crippen molar-refractivity contribution in [3.05, 3.63) is 36.3 Å². The zero-order chi connectivity index (χ0) is 14.1. The van der Waals surface area contributed by atoms with Crippen LogP contribution in [0.25, 0.3) is 5.65 Å². The lowest BCUT2D eigenvalue weighted by molar-refractivity contribution is -0.148. The van der Waals surface area contributed by atoms with E-state index in [-0.39, 0.29) is 12.3 Å². The molecule has 1 aliphatic heterocycles. The Bertz CT molecular complexity index is 631. The van der Waals surface area contributed by atoms with Gasteiger partial charge >= 0.3 is 5.97 Å². The Balaban J connectivity index is 1.76. The number of likely N-dealkylation sites (tertiary alicyclic amines) is 1. The fourth-order valence-corrected chi connectivity index (χ4v) is 2.65. The van der Waals surface area contributed by atoms with Gasteiger partial charge in [-0.05, 0) is 25.0 Å². The molecule has 0 saturated carbocycles. The molecule has 2 aromatic heterocycles. The number of aliphatic carboxylic acids is 1. The maximum Gasteiger partial charge on any atom is 0.326 e. The molecule has 1 amide bonds. The fraction of sp³-hybridized carbons (Fsp3) is 0.357. The molecule has 3 rings (SSSR count). The van der Waals surface area contributed by atoms with Gasteiger partial charge in [-0.25, -0.2) is 9.78 Å². The molecule has 1 fully saturated rings. The Morgan fingerprint density at radius 2 is 2.25 bits per heavy atom. The van der Waals surface area contributed by atoms with E-state index in [0.29, 0.717) is 18.7 Å². The van der Waals surface area contributed by atoms with E-state index in [0.717, 1.165) is 12.1 Å². The van der Waals surface area contributed by atoms with Crippen LogP contribution in [0.15, 0.2) is 30.6 Å². The summed E-state index contributed by atoms with van der Waals surface area (Å²) >= 11 is 0. The first-order valence-corrected chi connectivity index (χ1v) is 6.60. The third-order valence-electron chi connectivity index (χ3n) is 3.60. The van der Waals surface area contributed by atoms with E-state index in [9.17, 15) is 9.59 Å². The molecule has 1 unspecified atom stereocenters. The molecule has 0 aromatic carbocycles. The van der Waals surface area contributed by atoms with Crippen LogP contribution < -0.4 is 0 Å². The minimum Gasteiger partial charge on any atom is -0.480 e. The number of imidazole rings is 1. The van der Waals surface area contributed by atoms with Crippen LogP contribution in [0.1, 0.15) is 18.5 Å². The second-order valence-electron chi connectivity index (χ2n) is 4.96. The summed E-state index contributed by atoms with van der Waals surface area (Å²) in [5, 5.41) is 9.10. The van der Waals surface area contributed by atoms with Crippen molar-refractivity contribution in [1.82, 2.24) is 14.3 Å². The van der Waals surface area contributed by atoms with E-state index in [1.165, 1.54) is 4.90 Å². The van der Waals surface area contributed by atoms with Crippen molar-refractivity contribution < 1.29 is 14.7 Å². The first kappa shape index (κ1) is 12.7. The van der Waals surface area contributed by atoms with E-state index in [2.05, 4.69) is 4.98 Å². The average Bonchev–Trinajstić information content (AvgIpc) is 3.04. The number of carbonyl (C=O) groups excluding carboxylic acids is 1. The molecule has 1 atom stereocenters. The smallest absolute Gasteiger partial charge is 0.326 e. The van der Waals surface area contributed by atoms with Gasteiger partial charge in [-0.1, -0.05) is 6.07 Å². The summed E-state index contributed by atoms with van der Waals surface area (Å²) in [6.07, 6.45) is 5.09. The van der Waals surface area contributed by atoms with Crippen LogP contribution in [0.3, 0.4) is 0 Å². The summed E-state index contributed by atoms with van der Waals surface area (Å²) in [5.41, 5.74) is 1.45. The van der Waals surface area contributed by atoms with Gasteiger partial charge in [-0.15, -0.1) is 0 Å². The van der Waals surface area contributed by atoms with Crippen molar-refractivity contribution >= 4 is 17.5 Å². The first-order valence-electron chi connectivity index (χ1n) is 6.60. The van der Waals surface area contributed by atoms with Crippen LogP contribution in [0.4, 0.5) is 0 Å². The molecule has 1 saturated heterocycles. The van der Waals surface area contributed by atoms with Gasteiger partial charge in [0.2, 0.25) is 5.91 Å². The minimum absolute atomic E-state index is 0.144. The number of hydrogen-bond acceptors (Lipinski definition) is 3. The molecule has 104 valence electrons. The Labute approximate surface area is 115 Å². The van der Waals surface area contributed by atoms with Crippen LogP contribution in [-0.2, 0) is 16.0 Å². The van der Waals surface area contributed by atoms with Gasteiger partial charge in [0.1, 0.15) is 11.7 Å². The second-order valence-corrected chi connectivity index (χ2v) is 4.96. The number of fused-ring (bicyclic) bond motifs is 1. The average molecular weight is 273 g/mol. The summed E-state index contributed by atoms with van der Waals surface area (Å²) in [7, 11) is 0. The number of hydrogen-bond donors (Lipinski definition) is 1. The van der Waals surface area contributed by atoms with Crippen LogP contribution in [-0.4, -0.2) is 43.9 Å². The number of amides is 1. The Hall–Kier alpha value is -2.37. The molecule has 6 nitrogen and oxygen atoms in total. The van der Waals surface area contributed by atoms with E-state index < -0.39 is 12.0 Å². The number of carbonyl (C=O) groups is 2. The lowest BCUT2D eigenvalue weighted by atomic mass is 10.2. The standard InChI is InChI=1S/C14H15N3O3/c18-13(17-7-3-4-11(17)14(19)20)8-10-9-16-6-2-1-5-12(16)15-10/h1-2,5-6,9,11H,3-4,7-8H2,(H,19,20). The van der Waals surface area contributed by atoms with Crippen molar-refractivity contribution in [2.45, 2.75) is 25.3 Å². The Morgan fingerprint density at radius 1 is 1.40 bits per heavy atom. The summed E-state index contributed by atoms with van der Waals surface area (Å²) in [6, 6.07) is 4.96. The molecule has 1 aliphatic rings. The Kier molecular flexibility index (Phi) is 3.14. The lowest BCUT2D eigenvalue weighted by Crippen LogP contribution is -2.41. The molecule has 0 bridgehead atoms. The minimum atomic E-state index is -0.925. The van der Waals surface area contributed by atoms with Gasteiger partial charge in [-0.2, -0.15) is 0 Å². The molecular formula is C14H15N3O3. The van der Waals surface area contributed by atoms with Gasteiger partial charge in [0, 0.05) is 18.9 Å². The normalized spacial score (nSPS) is 18.6. The number of rotatable bonds is 3. The van der Waals surface area contributed by atoms with Crippen molar-refractivity contribution in [3.63, 3.8) is 0 Å². The monoisotopic (exact) mass is 273 g/mol. The second kappa shape index (κ2) is 4.96. The SMILES string of the molecule is O=C(O)C1CCCN1C(=O)Cc1cn2ccccc2n1. The molecule has 20 heavy (non-hydrogen) atoms. The van der Waals surface area contributed by atoms with Crippen LogP contribution in [0.2, 0.25) is 0 Å². The van der Waals surface area contributed by atoms with E-state index >= 15 is 0 Å². The summed E-state index contributed by atoms with van der Waals surface area (Å²) < 4.78 is 1.85. The maximum absolute atomic E-state index is 12.2. The zero-order valence-corrected chi connectivity index (χ0v) is 10.9. The van der Waals surface area contributed by atoms with Crippen LogP contribution >= 0.6 is 0 Å². The molecule has 0 radical (unpaired) electrons. The summed E-state index contributed by atoms with van der Waals surface area (Å²) in [6.45, 7) is 0.517. The number of carboxylic acids is 1. The number of carboxylic acid groups (broad SMARTS) is 1. The van der Waals surface area contributed by atoms with Crippen molar-refractivity contribution in [2.24, 2.45) is 0 Å². The van der Waals surface area contributed by atoms with Gasteiger partial charge in [0.15, 0.2) is 0 Å². The molecular weight excluding hydrogens is 258 g/mol. The van der Waals surface area contributed by atoms with Crippen molar-refractivity contribution in [2.75, 3.05) is 6.54 Å². The van der Waals surface area contributed by atoms with Gasteiger partial charge in [-0.3, -0.25) is 4.79 Å². The number of nitrogens with zero attached hydrogens (tertiary/aromatic N) is 3. The van der Waals surface area contributed by atoms with E-state index in [1.807, 2.05) is 28.8 Å². The van der Waals surface area contributed by atoms with Gasteiger partial charge in [0.25, 0.3) is 0 Å². The van der Waals surface area contributed by atoms with Crippen molar-refractivity contribution in [3.8, 4) is 0 Å². The van der Waals surface area contributed by atoms with Crippen LogP contribution in [0.5, 0.6) is 0 Å². The molecule has 2 aromatic rings. The highest BCUT2D eigenvalue weighted by atomic mass is 16.4. The largest absolute Gasteiger partial charge is 0.480 e. The quantitative estimate of drug-likeness (QED) is 0.903. The number of pyridine rings is 1. The molecule has 1 N–H and O–H groups in total. The highest BCUT2D eigenvalue weighted by Crippen LogP contribution is 2.18. The molecule has 0 aliphatic carbocycles. The molecule has 0 spiro atoms. The zero-order valence-electron chi connectivity index (χ0n) is 10.9. The van der Waals surface area contributed by atoms with E-state index in [1.54, 1.807) is 6.20 Å². The highest BCUT2D eigenvalue weighted by Gasteiger charge is 2.33. The molecule has 3 heterocycles. The van der Waals surface area contributed by atoms with Gasteiger partial charge < -0.3 is 14.4 Å². The van der Waals surface area contributed by atoms with Gasteiger partial charge in [0.05, 0.1) is 12.1 Å². The predicted molar refractivity (Wildman–Crippen MR) is 71.3 cm³/mol. The molecule has 6 heteroatoms. The fourth-order valence-electron chi connectivity index (χ4n) is 2.65. The summed E-state index contributed by atoms with van der Waals surface area (Å²) in [4.78, 5) is 29.1. The predicted octanol–water partition coefficient (Wildman–Crippen LogP) is 0.952. The van der Waals surface area contributed by atoms with Crippen molar-refractivity contribution in [1.29, 1.82) is 0 Å². The third kappa shape index (κ3) is 2.24. The Morgan fingerprint density at radius 3 is 3.00 bits per heavy atom. The summed E-state index contributed by atoms with van der Waals surface area (Å²) in [5.74, 6) is -1.09. The van der Waals surface area contributed by atoms with E-state index in [4.69, 9.17) is 5.11 Å². The van der Waals surface area contributed by atoms with Crippen LogP contribution in [0, 0.1) is 0 Å². The third-order valence-corrected chi connectivity index (χ3v) is 3.60. The number of aromatic nitrogens is 2. The highest BCUT2D eigenvalue weighted by molar-refractivity contribution is 5.85. The first-order chi connectivity index (χ1) is 9.65. The topological polar surface area (TPSA) is 74.9 Å². The maximum atomic E-state index is 12.2.